The summed E-state index contributed by atoms with van der Waals surface area (Å²) in [6, 6.07) is 14.8. The number of aliphatic hydroxyl groups excluding tert-OH is 1. The second-order valence-electron chi connectivity index (χ2n) is 6.47. The Hall–Kier alpha value is -2.72. The smallest absolute Gasteiger partial charge is 0.168 e. The molecule has 3 aromatic rings. The van der Waals surface area contributed by atoms with Crippen LogP contribution >= 0.6 is 0 Å². The molecule has 3 nitrogen and oxygen atoms in total. The van der Waals surface area contributed by atoms with E-state index < -0.39 is 11.9 Å². The maximum absolute atomic E-state index is 14.8. The average molecular weight is 351 g/mol. The van der Waals surface area contributed by atoms with E-state index in [-0.39, 0.29) is 12.4 Å². The summed E-state index contributed by atoms with van der Waals surface area (Å²) in [6.45, 7) is 5.71. The molecule has 0 fully saturated rings. The Balaban J connectivity index is 1.97. The Bertz CT molecular complexity index is 910. The monoisotopic (exact) mass is 351 g/mol. The highest BCUT2D eigenvalue weighted by atomic mass is 19.1. The summed E-state index contributed by atoms with van der Waals surface area (Å²) in [7, 11) is 0. The van der Waals surface area contributed by atoms with Crippen molar-refractivity contribution in [3.8, 4) is 5.75 Å². The number of nitrogens with zero attached hydrogens (tertiary/aromatic N) is 1. The van der Waals surface area contributed by atoms with Gasteiger partial charge in [0, 0.05) is 23.0 Å². The van der Waals surface area contributed by atoms with Crippen molar-refractivity contribution in [3.63, 3.8) is 0 Å². The molecule has 0 radical (unpaired) electrons. The highest BCUT2D eigenvalue weighted by Gasteiger charge is 2.22. The van der Waals surface area contributed by atoms with Crippen molar-refractivity contribution in [2.75, 3.05) is 0 Å². The van der Waals surface area contributed by atoms with E-state index in [9.17, 15) is 9.50 Å². The third-order valence-electron chi connectivity index (χ3n) is 4.42. The van der Waals surface area contributed by atoms with Gasteiger partial charge in [-0.15, -0.1) is 0 Å². The lowest BCUT2D eigenvalue weighted by Gasteiger charge is -2.19. The number of hydrogen-bond donors (Lipinski definition) is 1. The van der Waals surface area contributed by atoms with Crippen molar-refractivity contribution in [3.05, 3.63) is 94.1 Å². The molecule has 134 valence electrons. The van der Waals surface area contributed by atoms with Gasteiger partial charge in [0.15, 0.2) is 11.6 Å². The van der Waals surface area contributed by atoms with Crippen molar-refractivity contribution in [2.45, 2.75) is 33.5 Å². The first-order chi connectivity index (χ1) is 12.5. The number of pyridine rings is 1. The lowest BCUT2D eigenvalue weighted by molar-refractivity contribution is 0.205. The Morgan fingerprint density at radius 3 is 2.42 bits per heavy atom. The topological polar surface area (TPSA) is 42.4 Å². The van der Waals surface area contributed by atoms with Crippen molar-refractivity contribution in [1.29, 1.82) is 0 Å². The summed E-state index contributed by atoms with van der Waals surface area (Å²) >= 11 is 0. The van der Waals surface area contributed by atoms with Crippen LogP contribution < -0.4 is 4.74 Å². The van der Waals surface area contributed by atoms with Crippen molar-refractivity contribution < 1.29 is 14.2 Å². The van der Waals surface area contributed by atoms with Crippen LogP contribution in [0.25, 0.3) is 0 Å². The number of aliphatic hydroxyl groups is 1. The lowest BCUT2D eigenvalue weighted by atomic mass is 9.97. The molecule has 0 bridgehead atoms. The van der Waals surface area contributed by atoms with Gasteiger partial charge in [-0.2, -0.15) is 0 Å². The molecular weight excluding hydrogens is 329 g/mol. The zero-order valence-electron chi connectivity index (χ0n) is 15.2. The van der Waals surface area contributed by atoms with Crippen LogP contribution in [0.15, 0.2) is 54.7 Å². The molecule has 0 aliphatic heterocycles. The van der Waals surface area contributed by atoms with Gasteiger partial charge < -0.3 is 9.84 Å². The van der Waals surface area contributed by atoms with E-state index in [4.69, 9.17) is 4.74 Å². The third kappa shape index (κ3) is 3.75. The number of aryl methyl sites for hydroxylation is 3. The van der Waals surface area contributed by atoms with E-state index in [0.717, 1.165) is 16.8 Å². The van der Waals surface area contributed by atoms with Crippen LogP contribution in [0.5, 0.6) is 5.75 Å². The van der Waals surface area contributed by atoms with Gasteiger partial charge in [0.1, 0.15) is 12.7 Å². The predicted octanol–water partition coefficient (Wildman–Crippen LogP) is 4.81. The van der Waals surface area contributed by atoms with E-state index in [0.29, 0.717) is 16.7 Å². The molecule has 0 saturated carbocycles. The van der Waals surface area contributed by atoms with Crippen LogP contribution in [0.1, 0.15) is 39.6 Å². The predicted molar refractivity (Wildman–Crippen MR) is 99.7 cm³/mol. The Labute approximate surface area is 153 Å². The van der Waals surface area contributed by atoms with E-state index >= 15 is 0 Å². The average Bonchev–Trinajstić information content (AvgIpc) is 2.63. The first kappa shape index (κ1) is 18.1. The number of benzene rings is 2. The summed E-state index contributed by atoms with van der Waals surface area (Å²) in [6.07, 6.45) is 0.623. The Kier molecular flexibility index (Phi) is 5.33. The van der Waals surface area contributed by atoms with Crippen LogP contribution in [0, 0.1) is 26.6 Å². The number of aromatic nitrogens is 1. The first-order valence-corrected chi connectivity index (χ1v) is 8.54. The molecule has 0 aliphatic carbocycles. The van der Waals surface area contributed by atoms with Gasteiger partial charge in [-0.1, -0.05) is 42.5 Å². The minimum Gasteiger partial charge on any atom is -0.485 e. The van der Waals surface area contributed by atoms with Crippen molar-refractivity contribution >= 4 is 0 Å². The summed E-state index contributed by atoms with van der Waals surface area (Å²) in [5.74, 6) is -0.364. The maximum atomic E-state index is 14.8. The molecule has 3 rings (SSSR count). The SMILES string of the molecule is Cc1cc(C)c(C(O)c2ccc(C)c(F)c2OCc2ccccc2)cn1. The number of ether oxygens (including phenoxy) is 1. The summed E-state index contributed by atoms with van der Waals surface area (Å²) in [5.41, 5.74) is 4.22. The fourth-order valence-corrected chi connectivity index (χ4v) is 2.92. The van der Waals surface area contributed by atoms with Gasteiger partial charge in [-0.05, 0) is 43.5 Å². The van der Waals surface area contributed by atoms with E-state index in [1.54, 1.807) is 25.3 Å². The largest absolute Gasteiger partial charge is 0.485 e. The highest BCUT2D eigenvalue weighted by molar-refractivity contribution is 5.45. The minimum absolute atomic E-state index is 0.0846. The quantitative estimate of drug-likeness (QED) is 0.717. The minimum atomic E-state index is -1.01. The van der Waals surface area contributed by atoms with E-state index in [2.05, 4.69) is 4.98 Å². The van der Waals surface area contributed by atoms with Crippen LogP contribution in [0.4, 0.5) is 4.39 Å². The van der Waals surface area contributed by atoms with Crippen LogP contribution in [0.2, 0.25) is 0 Å². The zero-order valence-corrected chi connectivity index (χ0v) is 15.2. The standard InChI is InChI=1S/C22H22FNO2/c1-14-9-10-18(21(25)19-12-24-16(3)11-15(19)2)22(20(14)23)26-13-17-7-5-4-6-8-17/h4-12,21,25H,13H2,1-3H3. The Morgan fingerprint density at radius 2 is 1.73 bits per heavy atom. The molecule has 1 N–H and O–H groups in total. The summed E-state index contributed by atoms with van der Waals surface area (Å²) in [4.78, 5) is 4.26. The fourth-order valence-electron chi connectivity index (χ4n) is 2.92. The molecular formula is C22H22FNO2. The van der Waals surface area contributed by atoms with E-state index in [1.807, 2.05) is 50.2 Å². The van der Waals surface area contributed by atoms with Crippen LogP contribution in [0.3, 0.4) is 0 Å². The van der Waals surface area contributed by atoms with Gasteiger partial charge in [-0.25, -0.2) is 4.39 Å². The van der Waals surface area contributed by atoms with Gasteiger partial charge in [0.2, 0.25) is 0 Å². The zero-order chi connectivity index (χ0) is 18.7. The van der Waals surface area contributed by atoms with Gasteiger partial charge in [-0.3, -0.25) is 4.98 Å². The Morgan fingerprint density at radius 1 is 1.00 bits per heavy atom. The highest BCUT2D eigenvalue weighted by Crippen LogP contribution is 2.35. The fraction of sp³-hybridized carbons (Fsp3) is 0.227. The molecule has 0 amide bonds. The molecule has 1 unspecified atom stereocenters. The first-order valence-electron chi connectivity index (χ1n) is 8.54. The number of halogens is 1. The normalized spacial score (nSPS) is 12.0. The summed E-state index contributed by atoms with van der Waals surface area (Å²) in [5, 5.41) is 10.9. The van der Waals surface area contributed by atoms with Gasteiger partial charge in [0.05, 0.1) is 0 Å². The van der Waals surface area contributed by atoms with Gasteiger partial charge >= 0.3 is 0 Å². The molecule has 0 saturated heterocycles. The third-order valence-corrected chi connectivity index (χ3v) is 4.42. The molecule has 0 spiro atoms. The molecule has 1 atom stereocenters. The molecule has 1 aromatic heterocycles. The molecule has 4 heteroatoms. The second-order valence-corrected chi connectivity index (χ2v) is 6.47. The van der Waals surface area contributed by atoms with Gasteiger partial charge in [0.25, 0.3) is 0 Å². The molecule has 1 heterocycles. The van der Waals surface area contributed by atoms with Crippen molar-refractivity contribution in [1.82, 2.24) is 4.98 Å². The number of rotatable bonds is 5. The molecule has 0 aliphatic rings. The summed E-state index contributed by atoms with van der Waals surface area (Å²) < 4.78 is 20.5. The number of hydrogen-bond acceptors (Lipinski definition) is 3. The maximum Gasteiger partial charge on any atom is 0.168 e. The molecule has 2 aromatic carbocycles. The lowest BCUT2D eigenvalue weighted by Crippen LogP contribution is -2.09. The van der Waals surface area contributed by atoms with Crippen LogP contribution in [-0.2, 0) is 6.61 Å². The van der Waals surface area contributed by atoms with Crippen LogP contribution in [-0.4, -0.2) is 10.1 Å². The second kappa shape index (κ2) is 7.67. The molecule has 26 heavy (non-hydrogen) atoms. The van der Waals surface area contributed by atoms with E-state index in [1.165, 1.54) is 0 Å². The van der Waals surface area contributed by atoms with Crippen molar-refractivity contribution in [2.24, 2.45) is 0 Å².